The molecule has 2 aromatic rings. The van der Waals surface area contributed by atoms with E-state index in [0.29, 0.717) is 18.0 Å². The summed E-state index contributed by atoms with van der Waals surface area (Å²) < 4.78 is 1.86. The molecule has 96 valence electrons. The number of nitrogens with one attached hydrogen (secondary N) is 1. The highest BCUT2D eigenvalue weighted by atomic mass is 15.3. The van der Waals surface area contributed by atoms with Crippen molar-refractivity contribution < 1.29 is 0 Å². The normalized spacial score (nSPS) is 23.3. The van der Waals surface area contributed by atoms with Crippen molar-refractivity contribution in [2.45, 2.75) is 44.7 Å². The van der Waals surface area contributed by atoms with Crippen LogP contribution in [0.5, 0.6) is 0 Å². The van der Waals surface area contributed by atoms with Crippen molar-refractivity contribution in [3.8, 4) is 0 Å². The maximum Gasteiger partial charge on any atom is 0.157 e. The van der Waals surface area contributed by atoms with Crippen molar-refractivity contribution in [1.82, 2.24) is 14.6 Å². The van der Waals surface area contributed by atoms with E-state index in [9.17, 15) is 0 Å². The van der Waals surface area contributed by atoms with E-state index in [-0.39, 0.29) is 0 Å². The van der Waals surface area contributed by atoms with Gasteiger partial charge in [0.25, 0.3) is 0 Å². The average Bonchev–Trinajstić information content (AvgIpc) is 2.74. The van der Waals surface area contributed by atoms with Crippen LogP contribution in [-0.2, 0) is 0 Å². The minimum absolute atomic E-state index is 0.349. The topological polar surface area (TPSA) is 68.2 Å². The fraction of sp³-hybridized carbons (Fsp3) is 0.538. The van der Waals surface area contributed by atoms with Gasteiger partial charge in [-0.3, -0.25) is 0 Å². The van der Waals surface area contributed by atoms with Gasteiger partial charge in [0.1, 0.15) is 5.82 Å². The molecular formula is C13H19N5. The highest BCUT2D eigenvalue weighted by molar-refractivity contribution is 5.50. The van der Waals surface area contributed by atoms with E-state index in [1.165, 1.54) is 0 Å². The van der Waals surface area contributed by atoms with Crippen molar-refractivity contribution in [2.75, 3.05) is 5.32 Å². The second-order valence-electron chi connectivity index (χ2n) is 5.39. The highest BCUT2D eigenvalue weighted by Crippen LogP contribution is 2.24. The van der Waals surface area contributed by atoms with Crippen LogP contribution < -0.4 is 11.1 Å². The van der Waals surface area contributed by atoms with Gasteiger partial charge in [0.05, 0.1) is 6.20 Å². The van der Waals surface area contributed by atoms with E-state index >= 15 is 0 Å². The average molecular weight is 245 g/mol. The van der Waals surface area contributed by atoms with Crippen molar-refractivity contribution >= 4 is 11.5 Å². The summed E-state index contributed by atoms with van der Waals surface area (Å²) >= 11 is 0. The Balaban J connectivity index is 1.95. The summed E-state index contributed by atoms with van der Waals surface area (Å²) in [6.45, 7) is 4.30. The van der Waals surface area contributed by atoms with E-state index in [4.69, 9.17) is 5.73 Å². The summed E-state index contributed by atoms with van der Waals surface area (Å²) in [6, 6.07) is 4.84. The first-order valence-corrected chi connectivity index (χ1v) is 6.50. The van der Waals surface area contributed by atoms with Gasteiger partial charge in [0.15, 0.2) is 5.65 Å². The molecular weight excluding hydrogens is 226 g/mol. The van der Waals surface area contributed by atoms with Crippen molar-refractivity contribution in [3.63, 3.8) is 0 Å². The molecule has 0 unspecified atom stereocenters. The maximum atomic E-state index is 5.82. The lowest BCUT2D eigenvalue weighted by Crippen LogP contribution is -2.44. The van der Waals surface area contributed by atoms with Crippen LogP contribution >= 0.6 is 0 Å². The van der Waals surface area contributed by atoms with Gasteiger partial charge >= 0.3 is 0 Å². The van der Waals surface area contributed by atoms with Crippen molar-refractivity contribution in [3.05, 3.63) is 24.0 Å². The van der Waals surface area contributed by atoms with E-state index in [0.717, 1.165) is 30.0 Å². The zero-order valence-corrected chi connectivity index (χ0v) is 10.8. The molecule has 0 amide bonds. The van der Waals surface area contributed by atoms with Crippen LogP contribution in [0.3, 0.4) is 0 Å². The van der Waals surface area contributed by atoms with Crippen LogP contribution in [0.1, 0.15) is 38.3 Å². The summed E-state index contributed by atoms with van der Waals surface area (Å²) in [4.78, 5) is 4.60. The Morgan fingerprint density at radius 2 is 2.22 bits per heavy atom. The molecule has 5 nitrogen and oxygen atoms in total. The van der Waals surface area contributed by atoms with Gasteiger partial charge in [0, 0.05) is 29.9 Å². The first kappa shape index (κ1) is 11.5. The summed E-state index contributed by atoms with van der Waals surface area (Å²) in [7, 11) is 0. The number of nitrogens with zero attached hydrogens (tertiary/aromatic N) is 3. The maximum absolute atomic E-state index is 5.82. The predicted molar refractivity (Wildman–Crippen MR) is 71.7 cm³/mol. The van der Waals surface area contributed by atoms with E-state index in [1.807, 2.05) is 10.6 Å². The molecule has 1 aliphatic carbocycles. The number of nitrogens with two attached hydrogens (primary N) is 1. The zero-order valence-electron chi connectivity index (χ0n) is 10.8. The third-order valence-electron chi connectivity index (χ3n) is 3.50. The van der Waals surface area contributed by atoms with Crippen LogP contribution in [0.4, 0.5) is 5.82 Å². The Hall–Kier alpha value is -1.62. The molecule has 3 N–H and O–H groups in total. The van der Waals surface area contributed by atoms with Crippen molar-refractivity contribution in [1.29, 1.82) is 0 Å². The van der Waals surface area contributed by atoms with Crippen LogP contribution in [-0.4, -0.2) is 26.7 Å². The third-order valence-corrected chi connectivity index (χ3v) is 3.50. The van der Waals surface area contributed by atoms with Gasteiger partial charge in [-0.05, 0) is 18.8 Å². The second-order valence-corrected chi connectivity index (χ2v) is 5.39. The predicted octanol–water partition coefficient (Wildman–Crippen LogP) is 1.75. The van der Waals surface area contributed by atoms with Gasteiger partial charge < -0.3 is 11.1 Å². The van der Waals surface area contributed by atoms with Crippen LogP contribution in [0.25, 0.3) is 5.65 Å². The van der Waals surface area contributed by atoms with Gasteiger partial charge in [0.2, 0.25) is 0 Å². The molecule has 18 heavy (non-hydrogen) atoms. The lowest BCUT2D eigenvalue weighted by molar-refractivity contribution is 0.372. The Labute approximate surface area is 106 Å². The fourth-order valence-corrected chi connectivity index (χ4v) is 2.32. The van der Waals surface area contributed by atoms with E-state index in [2.05, 4.69) is 35.3 Å². The van der Waals surface area contributed by atoms with E-state index in [1.54, 1.807) is 6.20 Å². The van der Waals surface area contributed by atoms with Gasteiger partial charge in [-0.1, -0.05) is 13.8 Å². The summed E-state index contributed by atoms with van der Waals surface area (Å²) in [5.41, 5.74) is 7.81. The van der Waals surface area contributed by atoms with Crippen LogP contribution in [0.2, 0.25) is 0 Å². The van der Waals surface area contributed by atoms with E-state index < -0.39 is 0 Å². The molecule has 5 heteroatoms. The number of anilines is 1. The second kappa shape index (κ2) is 4.24. The van der Waals surface area contributed by atoms with Crippen molar-refractivity contribution in [2.24, 2.45) is 5.73 Å². The molecule has 1 aliphatic rings. The molecule has 0 saturated heterocycles. The Kier molecular flexibility index (Phi) is 2.70. The summed E-state index contributed by atoms with van der Waals surface area (Å²) in [6.07, 6.45) is 3.84. The number of hydrogen-bond donors (Lipinski definition) is 2. The molecule has 0 radical (unpaired) electrons. The Morgan fingerprint density at radius 3 is 2.89 bits per heavy atom. The molecule has 0 bridgehead atoms. The fourth-order valence-electron chi connectivity index (χ4n) is 2.32. The summed E-state index contributed by atoms with van der Waals surface area (Å²) in [5, 5.41) is 7.82. The minimum atomic E-state index is 0.349. The third kappa shape index (κ3) is 1.95. The number of rotatable bonds is 3. The first-order chi connectivity index (χ1) is 8.63. The molecule has 0 aliphatic heterocycles. The SMILES string of the molecule is CC(C)c1cc(NC2CC(N)C2)n2nccc2n1. The highest BCUT2D eigenvalue weighted by Gasteiger charge is 2.26. The molecule has 0 spiro atoms. The van der Waals surface area contributed by atoms with Crippen LogP contribution in [0.15, 0.2) is 18.3 Å². The summed E-state index contributed by atoms with van der Waals surface area (Å²) in [5.74, 6) is 1.43. The largest absolute Gasteiger partial charge is 0.367 e. The first-order valence-electron chi connectivity index (χ1n) is 6.50. The Bertz CT molecular complexity index is 554. The van der Waals surface area contributed by atoms with Gasteiger partial charge in [-0.2, -0.15) is 9.61 Å². The zero-order chi connectivity index (χ0) is 12.7. The molecule has 2 heterocycles. The standard InChI is InChI=1S/C13H19N5/c1-8(2)11-7-13(16-10-5-9(14)6-10)18-12(17-11)3-4-15-18/h3-4,7-10,16H,5-6,14H2,1-2H3. The molecule has 0 aromatic carbocycles. The lowest BCUT2D eigenvalue weighted by Gasteiger charge is -2.33. The monoisotopic (exact) mass is 245 g/mol. The molecule has 1 saturated carbocycles. The number of hydrogen-bond acceptors (Lipinski definition) is 4. The molecule has 1 fully saturated rings. The Morgan fingerprint density at radius 1 is 1.44 bits per heavy atom. The quantitative estimate of drug-likeness (QED) is 0.864. The molecule has 2 aromatic heterocycles. The smallest absolute Gasteiger partial charge is 0.157 e. The van der Waals surface area contributed by atoms with Gasteiger partial charge in [-0.25, -0.2) is 4.98 Å². The minimum Gasteiger partial charge on any atom is -0.367 e. The molecule has 0 atom stereocenters. The van der Waals surface area contributed by atoms with Crippen LogP contribution in [0, 0.1) is 0 Å². The van der Waals surface area contributed by atoms with Gasteiger partial charge in [-0.15, -0.1) is 0 Å². The lowest BCUT2D eigenvalue weighted by atomic mass is 9.88. The number of aromatic nitrogens is 3. The number of fused-ring (bicyclic) bond motifs is 1. The molecule has 3 rings (SSSR count).